The molecule has 0 nitrogen and oxygen atoms in total. The second kappa shape index (κ2) is 4.84. The number of fused-ring (bicyclic) bond motifs is 1. The Labute approximate surface area is 102 Å². The van der Waals surface area contributed by atoms with Gasteiger partial charge < -0.3 is 0 Å². The average molecular weight is 230 g/mol. The highest BCUT2D eigenvalue weighted by Gasteiger charge is 2.17. The first-order chi connectivity index (χ1) is 7.76. The van der Waals surface area contributed by atoms with Crippen LogP contribution >= 0.6 is 11.3 Å². The summed E-state index contributed by atoms with van der Waals surface area (Å²) in [6, 6.07) is 2.34. The fourth-order valence-corrected chi connectivity index (χ4v) is 3.36. The van der Waals surface area contributed by atoms with Crippen LogP contribution in [0.1, 0.15) is 42.0 Å². The quantitative estimate of drug-likeness (QED) is 0.679. The molecule has 0 aromatic carbocycles. The van der Waals surface area contributed by atoms with Crippen LogP contribution in [0.15, 0.2) is 30.4 Å². The summed E-state index contributed by atoms with van der Waals surface area (Å²) in [6.07, 6.45) is 9.94. The SMILES string of the molecule is C=CC1=C(C)CCc2cc(/C=C\CC)sc21. The van der Waals surface area contributed by atoms with Crippen molar-refractivity contribution in [2.75, 3.05) is 0 Å². The van der Waals surface area contributed by atoms with Gasteiger partial charge in [0.15, 0.2) is 0 Å². The molecule has 0 N–H and O–H groups in total. The summed E-state index contributed by atoms with van der Waals surface area (Å²) < 4.78 is 0. The molecule has 0 atom stereocenters. The summed E-state index contributed by atoms with van der Waals surface area (Å²) in [4.78, 5) is 2.82. The molecule has 0 saturated carbocycles. The first-order valence-corrected chi connectivity index (χ1v) is 6.69. The molecule has 0 saturated heterocycles. The van der Waals surface area contributed by atoms with E-state index in [9.17, 15) is 0 Å². The summed E-state index contributed by atoms with van der Waals surface area (Å²) in [6.45, 7) is 8.33. The van der Waals surface area contributed by atoms with Crippen molar-refractivity contribution < 1.29 is 0 Å². The monoisotopic (exact) mass is 230 g/mol. The molecule has 0 spiro atoms. The Morgan fingerprint density at radius 3 is 2.94 bits per heavy atom. The van der Waals surface area contributed by atoms with Crippen molar-refractivity contribution in [2.24, 2.45) is 0 Å². The van der Waals surface area contributed by atoms with E-state index >= 15 is 0 Å². The van der Waals surface area contributed by atoms with E-state index in [-0.39, 0.29) is 0 Å². The Hall–Kier alpha value is -1.08. The average Bonchev–Trinajstić information content (AvgIpc) is 2.69. The molecule has 84 valence electrons. The van der Waals surface area contributed by atoms with E-state index in [1.807, 2.05) is 17.4 Å². The molecule has 1 aliphatic carbocycles. The van der Waals surface area contributed by atoms with Gasteiger partial charge in [0.05, 0.1) is 0 Å². The molecule has 1 heterocycles. The summed E-state index contributed by atoms with van der Waals surface area (Å²) in [5, 5.41) is 0. The second-order valence-corrected chi connectivity index (χ2v) is 5.30. The van der Waals surface area contributed by atoms with Crippen molar-refractivity contribution in [3.63, 3.8) is 0 Å². The Morgan fingerprint density at radius 1 is 1.44 bits per heavy atom. The Balaban J connectivity index is 2.41. The zero-order valence-electron chi connectivity index (χ0n) is 10.0. The van der Waals surface area contributed by atoms with Gasteiger partial charge in [0.25, 0.3) is 0 Å². The lowest BCUT2D eigenvalue weighted by atomic mass is 9.92. The predicted molar refractivity (Wildman–Crippen MR) is 74.8 cm³/mol. The van der Waals surface area contributed by atoms with Crippen molar-refractivity contribution in [1.82, 2.24) is 0 Å². The van der Waals surface area contributed by atoms with E-state index in [0.29, 0.717) is 0 Å². The van der Waals surface area contributed by atoms with Gasteiger partial charge in [-0.15, -0.1) is 11.3 Å². The van der Waals surface area contributed by atoms with Gasteiger partial charge in [0, 0.05) is 9.75 Å². The van der Waals surface area contributed by atoms with E-state index in [0.717, 1.165) is 6.42 Å². The van der Waals surface area contributed by atoms with Gasteiger partial charge >= 0.3 is 0 Å². The topological polar surface area (TPSA) is 0 Å². The largest absolute Gasteiger partial charge is 0.136 e. The number of allylic oxidation sites excluding steroid dienone is 4. The Morgan fingerprint density at radius 2 is 2.25 bits per heavy atom. The van der Waals surface area contributed by atoms with Gasteiger partial charge in [-0.2, -0.15) is 0 Å². The van der Waals surface area contributed by atoms with Gasteiger partial charge in [0.2, 0.25) is 0 Å². The summed E-state index contributed by atoms with van der Waals surface area (Å²) in [7, 11) is 0. The van der Waals surface area contributed by atoms with E-state index < -0.39 is 0 Å². The molecular formula is C15H18S. The maximum absolute atomic E-state index is 3.94. The van der Waals surface area contributed by atoms with E-state index in [2.05, 4.69) is 38.6 Å². The molecule has 2 rings (SSSR count). The van der Waals surface area contributed by atoms with Crippen molar-refractivity contribution in [3.8, 4) is 0 Å². The maximum atomic E-state index is 3.94. The molecule has 0 radical (unpaired) electrons. The first kappa shape index (κ1) is 11.4. The Kier molecular flexibility index (Phi) is 3.45. The number of rotatable bonds is 3. The first-order valence-electron chi connectivity index (χ1n) is 5.88. The minimum atomic E-state index is 1.10. The van der Waals surface area contributed by atoms with Crippen LogP contribution < -0.4 is 0 Å². The Bertz CT molecular complexity index is 458. The molecule has 1 aromatic heterocycles. The molecule has 0 bridgehead atoms. The van der Waals surface area contributed by atoms with Crippen LogP contribution in [0.3, 0.4) is 0 Å². The highest BCUT2D eigenvalue weighted by molar-refractivity contribution is 7.14. The van der Waals surface area contributed by atoms with Crippen LogP contribution in [0.25, 0.3) is 11.6 Å². The molecular weight excluding hydrogens is 212 g/mol. The minimum absolute atomic E-state index is 1.10. The van der Waals surface area contributed by atoms with E-state index in [1.54, 1.807) is 0 Å². The van der Waals surface area contributed by atoms with Gasteiger partial charge in [-0.1, -0.05) is 31.2 Å². The van der Waals surface area contributed by atoms with Gasteiger partial charge in [-0.05, 0) is 49.5 Å². The summed E-state index contributed by atoms with van der Waals surface area (Å²) in [5.41, 5.74) is 4.35. The fraction of sp³-hybridized carbons (Fsp3) is 0.333. The minimum Gasteiger partial charge on any atom is -0.136 e. The standard InChI is InChI=1S/C15H18S/c1-4-6-7-13-10-12-9-8-11(3)14(5-2)15(12)16-13/h5-7,10H,2,4,8-9H2,1,3H3/b7-6-. The lowest BCUT2D eigenvalue weighted by Gasteiger charge is -2.14. The van der Waals surface area contributed by atoms with Crippen LogP contribution in [0.2, 0.25) is 0 Å². The van der Waals surface area contributed by atoms with Crippen LogP contribution in [-0.4, -0.2) is 0 Å². The van der Waals surface area contributed by atoms with Crippen molar-refractivity contribution in [1.29, 1.82) is 0 Å². The lowest BCUT2D eigenvalue weighted by Crippen LogP contribution is -1.97. The molecule has 0 aliphatic heterocycles. The van der Waals surface area contributed by atoms with Crippen LogP contribution in [0.4, 0.5) is 0 Å². The predicted octanol–water partition coefficient (Wildman–Crippen LogP) is 5.08. The molecule has 0 unspecified atom stereocenters. The van der Waals surface area contributed by atoms with Gasteiger partial charge in [-0.25, -0.2) is 0 Å². The number of hydrogen-bond donors (Lipinski definition) is 0. The van der Waals surface area contributed by atoms with Crippen LogP contribution in [0, 0.1) is 0 Å². The fourth-order valence-electron chi connectivity index (χ4n) is 2.10. The van der Waals surface area contributed by atoms with Gasteiger partial charge in [-0.3, -0.25) is 0 Å². The van der Waals surface area contributed by atoms with E-state index in [1.165, 1.54) is 39.3 Å². The van der Waals surface area contributed by atoms with Crippen LogP contribution in [-0.2, 0) is 6.42 Å². The molecule has 0 fully saturated rings. The molecule has 0 amide bonds. The highest BCUT2D eigenvalue weighted by atomic mass is 32.1. The number of hydrogen-bond acceptors (Lipinski definition) is 1. The molecule has 1 aliphatic rings. The summed E-state index contributed by atoms with van der Waals surface area (Å²) in [5.74, 6) is 0. The third-order valence-corrected chi connectivity index (χ3v) is 4.20. The lowest BCUT2D eigenvalue weighted by molar-refractivity contribution is 0.929. The third kappa shape index (κ3) is 2.05. The second-order valence-electron chi connectivity index (χ2n) is 4.21. The van der Waals surface area contributed by atoms with Crippen molar-refractivity contribution >= 4 is 23.0 Å². The van der Waals surface area contributed by atoms with Crippen molar-refractivity contribution in [2.45, 2.75) is 33.1 Å². The zero-order valence-corrected chi connectivity index (χ0v) is 10.9. The van der Waals surface area contributed by atoms with Gasteiger partial charge in [0.1, 0.15) is 0 Å². The molecule has 16 heavy (non-hydrogen) atoms. The third-order valence-electron chi connectivity index (χ3n) is 3.02. The smallest absolute Gasteiger partial charge is 0.0380 e. The van der Waals surface area contributed by atoms with E-state index in [4.69, 9.17) is 0 Å². The zero-order chi connectivity index (χ0) is 11.5. The van der Waals surface area contributed by atoms with Crippen molar-refractivity contribution in [3.05, 3.63) is 45.7 Å². The highest BCUT2D eigenvalue weighted by Crippen LogP contribution is 2.38. The number of thiophene rings is 1. The maximum Gasteiger partial charge on any atom is 0.0380 e. The molecule has 1 aromatic rings. The van der Waals surface area contributed by atoms with Crippen LogP contribution in [0.5, 0.6) is 0 Å². The number of aryl methyl sites for hydroxylation is 1. The summed E-state index contributed by atoms with van der Waals surface area (Å²) >= 11 is 1.90. The normalized spacial score (nSPS) is 15.6. The molecule has 1 heteroatoms.